The maximum absolute atomic E-state index is 12.1. The summed E-state index contributed by atoms with van der Waals surface area (Å²) in [6, 6.07) is 3.52. The highest BCUT2D eigenvalue weighted by molar-refractivity contribution is 5.94. The minimum atomic E-state index is -0.401. The predicted molar refractivity (Wildman–Crippen MR) is 67.9 cm³/mol. The Hall–Kier alpha value is -2.21. The topological polar surface area (TPSA) is 71.2 Å². The van der Waals surface area contributed by atoms with Gasteiger partial charge in [-0.2, -0.15) is 0 Å². The number of aliphatic hydroxyl groups excluding tert-OH is 1. The summed E-state index contributed by atoms with van der Waals surface area (Å²) in [5.41, 5.74) is 0.540. The van der Waals surface area contributed by atoms with Gasteiger partial charge in [0.2, 0.25) is 0 Å². The van der Waals surface area contributed by atoms with Crippen LogP contribution in [-0.4, -0.2) is 49.6 Å². The fourth-order valence-corrected chi connectivity index (χ4v) is 2.17. The molecule has 1 atom stereocenters. The van der Waals surface area contributed by atoms with Gasteiger partial charge in [-0.25, -0.2) is 9.97 Å². The Balaban J connectivity index is 1.77. The number of likely N-dealkylation sites (tertiary alicyclic amines) is 1. The smallest absolute Gasteiger partial charge is 0.255 e. The number of pyridine rings is 1. The molecule has 1 aliphatic rings. The highest BCUT2D eigenvalue weighted by Gasteiger charge is 2.25. The van der Waals surface area contributed by atoms with Crippen LogP contribution in [-0.2, 0) is 0 Å². The number of amides is 1. The number of hydrogen-bond acceptors (Lipinski definition) is 4. The van der Waals surface area contributed by atoms with Gasteiger partial charge in [0.05, 0.1) is 11.7 Å². The molecule has 1 amide bonds. The second-order valence-electron chi connectivity index (χ2n) is 4.57. The van der Waals surface area contributed by atoms with Gasteiger partial charge in [-0.3, -0.25) is 9.36 Å². The molecular weight excluding hydrogens is 244 g/mol. The van der Waals surface area contributed by atoms with Crippen LogP contribution in [0.1, 0.15) is 16.8 Å². The third-order valence-electron chi connectivity index (χ3n) is 3.21. The van der Waals surface area contributed by atoms with Crippen molar-refractivity contribution in [1.29, 1.82) is 0 Å². The van der Waals surface area contributed by atoms with Crippen molar-refractivity contribution < 1.29 is 9.90 Å². The minimum absolute atomic E-state index is 0.0822. The Morgan fingerprint density at radius 1 is 1.42 bits per heavy atom. The van der Waals surface area contributed by atoms with Gasteiger partial charge in [-0.05, 0) is 18.6 Å². The lowest BCUT2D eigenvalue weighted by Gasteiger charge is -2.15. The molecule has 1 saturated heterocycles. The molecule has 6 nitrogen and oxygen atoms in total. The number of aliphatic hydroxyl groups is 1. The second kappa shape index (κ2) is 4.81. The highest BCUT2D eigenvalue weighted by Crippen LogP contribution is 2.14. The van der Waals surface area contributed by atoms with Crippen molar-refractivity contribution in [3.8, 4) is 5.82 Å². The molecule has 2 aromatic heterocycles. The van der Waals surface area contributed by atoms with E-state index in [0.717, 1.165) is 5.82 Å². The lowest BCUT2D eigenvalue weighted by atomic mass is 10.2. The van der Waals surface area contributed by atoms with Crippen molar-refractivity contribution in [2.45, 2.75) is 12.5 Å². The number of carbonyl (C=O) groups is 1. The van der Waals surface area contributed by atoms with Crippen LogP contribution < -0.4 is 0 Å². The SMILES string of the molecule is O=C(c1ccc(-n2ccnc2)nc1)N1CCC(O)C1. The maximum Gasteiger partial charge on any atom is 0.255 e. The van der Waals surface area contributed by atoms with Gasteiger partial charge >= 0.3 is 0 Å². The van der Waals surface area contributed by atoms with Gasteiger partial charge in [-0.15, -0.1) is 0 Å². The summed E-state index contributed by atoms with van der Waals surface area (Å²) in [5, 5.41) is 9.44. The van der Waals surface area contributed by atoms with Crippen molar-refractivity contribution in [2.24, 2.45) is 0 Å². The summed E-state index contributed by atoms with van der Waals surface area (Å²) in [6.45, 7) is 1.01. The van der Waals surface area contributed by atoms with E-state index < -0.39 is 6.10 Å². The number of hydrogen-bond donors (Lipinski definition) is 1. The molecule has 0 saturated carbocycles. The number of rotatable bonds is 2. The molecule has 2 aromatic rings. The Bertz CT molecular complexity index is 565. The van der Waals surface area contributed by atoms with E-state index in [1.165, 1.54) is 0 Å². The summed E-state index contributed by atoms with van der Waals surface area (Å²) in [6.07, 6.45) is 6.92. The molecular formula is C13H14N4O2. The molecule has 1 aliphatic heterocycles. The molecule has 1 N–H and O–H groups in total. The maximum atomic E-state index is 12.1. The number of aromatic nitrogens is 3. The van der Waals surface area contributed by atoms with Gasteiger partial charge in [0.1, 0.15) is 12.1 Å². The van der Waals surface area contributed by atoms with Gasteiger partial charge < -0.3 is 10.0 Å². The van der Waals surface area contributed by atoms with E-state index in [9.17, 15) is 9.90 Å². The predicted octanol–water partition coefficient (Wildman–Crippen LogP) is 0.474. The van der Waals surface area contributed by atoms with Crippen LogP contribution in [0.5, 0.6) is 0 Å². The molecule has 0 bridgehead atoms. The number of β-amino-alcohol motifs (C(OH)–C–C–N with tert-alkyl or cyclic N) is 1. The zero-order valence-corrected chi connectivity index (χ0v) is 10.3. The molecule has 0 aromatic carbocycles. The molecule has 0 aliphatic carbocycles. The Morgan fingerprint density at radius 3 is 2.89 bits per heavy atom. The van der Waals surface area contributed by atoms with Crippen molar-refractivity contribution in [2.75, 3.05) is 13.1 Å². The molecule has 1 unspecified atom stereocenters. The standard InChI is InChI=1S/C13H14N4O2/c18-11-3-5-16(8-11)13(19)10-1-2-12(15-7-10)17-6-4-14-9-17/h1-2,4,6-7,9,11,18H,3,5,8H2. The monoisotopic (exact) mass is 258 g/mol. The van der Waals surface area contributed by atoms with Crippen LogP contribution >= 0.6 is 0 Å². The average Bonchev–Trinajstić information content (AvgIpc) is 3.09. The first-order valence-electron chi connectivity index (χ1n) is 6.16. The van der Waals surface area contributed by atoms with Crippen molar-refractivity contribution >= 4 is 5.91 Å². The summed E-state index contributed by atoms with van der Waals surface area (Å²) in [7, 11) is 0. The van der Waals surface area contributed by atoms with Crippen molar-refractivity contribution in [3.05, 3.63) is 42.6 Å². The fourth-order valence-electron chi connectivity index (χ4n) is 2.17. The molecule has 0 radical (unpaired) electrons. The Kier molecular flexibility index (Phi) is 3.00. The van der Waals surface area contributed by atoms with Crippen LogP contribution in [0.15, 0.2) is 37.1 Å². The van der Waals surface area contributed by atoms with E-state index in [-0.39, 0.29) is 5.91 Å². The lowest BCUT2D eigenvalue weighted by molar-refractivity contribution is 0.0764. The average molecular weight is 258 g/mol. The molecule has 3 heterocycles. The fraction of sp³-hybridized carbons (Fsp3) is 0.308. The largest absolute Gasteiger partial charge is 0.391 e. The zero-order valence-electron chi connectivity index (χ0n) is 10.3. The summed E-state index contributed by atoms with van der Waals surface area (Å²) in [4.78, 5) is 22.0. The van der Waals surface area contributed by atoms with Gasteiger partial charge in [0, 0.05) is 31.7 Å². The Labute approximate surface area is 110 Å². The highest BCUT2D eigenvalue weighted by atomic mass is 16.3. The summed E-state index contributed by atoms with van der Waals surface area (Å²) >= 11 is 0. The van der Waals surface area contributed by atoms with Crippen molar-refractivity contribution in [1.82, 2.24) is 19.4 Å². The van der Waals surface area contributed by atoms with Crippen LogP contribution in [0.4, 0.5) is 0 Å². The van der Waals surface area contributed by atoms with E-state index in [0.29, 0.717) is 25.1 Å². The minimum Gasteiger partial charge on any atom is -0.391 e. The van der Waals surface area contributed by atoms with E-state index in [1.807, 2.05) is 0 Å². The van der Waals surface area contributed by atoms with Crippen LogP contribution in [0.25, 0.3) is 5.82 Å². The number of imidazole rings is 1. The molecule has 6 heteroatoms. The molecule has 0 spiro atoms. The normalized spacial score (nSPS) is 18.8. The van der Waals surface area contributed by atoms with Gasteiger partial charge in [0.15, 0.2) is 0 Å². The number of carbonyl (C=O) groups excluding carboxylic acids is 1. The molecule has 98 valence electrons. The molecule has 1 fully saturated rings. The molecule has 3 rings (SSSR count). The van der Waals surface area contributed by atoms with Crippen LogP contribution in [0.3, 0.4) is 0 Å². The second-order valence-corrected chi connectivity index (χ2v) is 4.57. The third kappa shape index (κ3) is 2.34. The van der Waals surface area contributed by atoms with Crippen molar-refractivity contribution in [3.63, 3.8) is 0 Å². The first-order chi connectivity index (χ1) is 9.24. The lowest BCUT2D eigenvalue weighted by Crippen LogP contribution is -2.29. The van der Waals surface area contributed by atoms with E-state index in [1.54, 1.807) is 46.5 Å². The number of nitrogens with zero attached hydrogens (tertiary/aromatic N) is 4. The summed E-state index contributed by atoms with van der Waals surface area (Å²) < 4.78 is 1.77. The van der Waals surface area contributed by atoms with E-state index in [4.69, 9.17) is 0 Å². The zero-order chi connectivity index (χ0) is 13.2. The van der Waals surface area contributed by atoms with Crippen LogP contribution in [0, 0.1) is 0 Å². The Morgan fingerprint density at radius 2 is 2.32 bits per heavy atom. The third-order valence-corrected chi connectivity index (χ3v) is 3.21. The molecule has 19 heavy (non-hydrogen) atoms. The van der Waals surface area contributed by atoms with Gasteiger partial charge in [-0.1, -0.05) is 0 Å². The van der Waals surface area contributed by atoms with E-state index in [2.05, 4.69) is 9.97 Å². The van der Waals surface area contributed by atoms with E-state index >= 15 is 0 Å². The quantitative estimate of drug-likeness (QED) is 0.850. The first kappa shape index (κ1) is 11.9. The van der Waals surface area contributed by atoms with Gasteiger partial charge in [0.25, 0.3) is 5.91 Å². The van der Waals surface area contributed by atoms with Crippen LogP contribution in [0.2, 0.25) is 0 Å². The first-order valence-corrected chi connectivity index (χ1v) is 6.16. The summed E-state index contributed by atoms with van der Waals surface area (Å²) in [5.74, 6) is 0.636.